The quantitative estimate of drug-likeness (QED) is 0.687. The SMILES string of the molecule is CC(=O)N(Cc1ccc(C(F)(F)F)cc1)n1c(O)c2c(c1O)C1C(C)=C(C)C2C2CC12. The number of benzene rings is 1. The first-order chi connectivity index (χ1) is 14.5. The van der Waals surface area contributed by atoms with Gasteiger partial charge in [0.2, 0.25) is 17.7 Å². The molecule has 1 amide bonds. The number of carbonyl (C=O) groups excluding carboxylic acids is 1. The van der Waals surface area contributed by atoms with E-state index in [1.165, 1.54) is 35.2 Å². The highest BCUT2D eigenvalue weighted by molar-refractivity contribution is 5.84. The molecule has 2 bridgehead atoms. The monoisotopic (exact) mass is 432 g/mol. The van der Waals surface area contributed by atoms with Crippen molar-refractivity contribution in [2.45, 2.75) is 51.7 Å². The number of alkyl halides is 3. The lowest BCUT2D eigenvalue weighted by atomic mass is 9.65. The maximum atomic E-state index is 12.9. The van der Waals surface area contributed by atoms with Gasteiger partial charge in [0.15, 0.2) is 0 Å². The molecule has 2 aromatic rings. The minimum absolute atomic E-state index is 0.0250. The van der Waals surface area contributed by atoms with Crippen molar-refractivity contribution >= 4 is 5.91 Å². The first kappa shape index (κ1) is 20.0. The second-order valence-electron chi connectivity index (χ2n) is 8.94. The van der Waals surface area contributed by atoms with Gasteiger partial charge < -0.3 is 10.2 Å². The number of aromatic hydroxyl groups is 2. The first-order valence-corrected chi connectivity index (χ1v) is 10.3. The summed E-state index contributed by atoms with van der Waals surface area (Å²) in [6.07, 6.45) is -3.39. The van der Waals surface area contributed by atoms with Gasteiger partial charge in [0.25, 0.3) is 0 Å². The van der Waals surface area contributed by atoms with Crippen LogP contribution in [0.15, 0.2) is 35.4 Å². The van der Waals surface area contributed by atoms with Crippen LogP contribution in [-0.4, -0.2) is 20.8 Å². The van der Waals surface area contributed by atoms with Crippen molar-refractivity contribution in [3.05, 3.63) is 57.7 Å². The van der Waals surface area contributed by atoms with Crippen LogP contribution >= 0.6 is 0 Å². The molecule has 6 rings (SSSR count). The fourth-order valence-electron chi connectivity index (χ4n) is 5.70. The van der Waals surface area contributed by atoms with Gasteiger partial charge in [-0.3, -0.25) is 4.79 Å². The van der Waals surface area contributed by atoms with Crippen LogP contribution in [0.1, 0.15) is 61.3 Å². The average Bonchev–Trinajstić information content (AvgIpc) is 3.45. The van der Waals surface area contributed by atoms with Crippen LogP contribution in [-0.2, 0) is 17.5 Å². The first-order valence-electron chi connectivity index (χ1n) is 10.3. The molecule has 5 nitrogen and oxygen atoms in total. The van der Waals surface area contributed by atoms with Crippen molar-refractivity contribution in [3.8, 4) is 11.8 Å². The lowest BCUT2D eigenvalue weighted by Gasteiger charge is -2.37. The van der Waals surface area contributed by atoms with Gasteiger partial charge in [-0.15, -0.1) is 0 Å². The normalized spacial score (nSPS) is 26.0. The number of allylic oxidation sites excluding steroid dienone is 2. The van der Waals surface area contributed by atoms with Gasteiger partial charge in [0.05, 0.1) is 12.1 Å². The fourth-order valence-corrected chi connectivity index (χ4v) is 5.70. The molecule has 4 atom stereocenters. The van der Waals surface area contributed by atoms with Crippen molar-refractivity contribution in [2.75, 3.05) is 5.01 Å². The van der Waals surface area contributed by atoms with E-state index in [-0.39, 0.29) is 30.1 Å². The molecule has 0 saturated heterocycles. The van der Waals surface area contributed by atoms with Gasteiger partial charge >= 0.3 is 6.18 Å². The molecule has 1 saturated carbocycles. The van der Waals surface area contributed by atoms with E-state index in [0.29, 0.717) is 28.5 Å². The van der Waals surface area contributed by atoms with E-state index < -0.39 is 17.6 Å². The minimum Gasteiger partial charge on any atom is -0.493 e. The van der Waals surface area contributed by atoms with Crippen LogP contribution in [0.25, 0.3) is 0 Å². The summed E-state index contributed by atoms with van der Waals surface area (Å²) in [4.78, 5) is 12.5. The number of nitrogens with zero attached hydrogens (tertiary/aromatic N) is 2. The number of aromatic nitrogens is 1. The van der Waals surface area contributed by atoms with Crippen LogP contribution < -0.4 is 5.01 Å². The minimum atomic E-state index is -4.45. The summed E-state index contributed by atoms with van der Waals surface area (Å²) in [6.45, 7) is 5.32. The maximum absolute atomic E-state index is 12.9. The molecule has 2 N–H and O–H groups in total. The summed E-state index contributed by atoms with van der Waals surface area (Å²) in [7, 11) is 0. The predicted molar refractivity (Wildman–Crippen MR) is 107 cm³/mol. The van der Waals surface area contributed by atoms with E-state index in [1.807, 2.05) is 0 Å². The summed E-state index contributed by atoms with van der Waals surface area (Å²) in [5.74, 6) is 0.167. The molecule has 1 aromatic heterocycles. The van der Waals surface area contributed by atoms with Crippen LogP contribution in [0.4, 0.5) is 13.2 Å². The van der Waals surface area contributed by atoms with Crippen LogP contribution in [0.2, 0.25) is 0 Å². The maximum Gasteiger partial charge on any atom is 0.416 e. The van der Waals surface area contributed by atoms with Crippen LogP contribution in [0.3, 0.4) is 0 Å². The van der Waals surface area contributed by atoms with E-state index >= 15 is 0 Å². The van der Waals surface area contributed by atoms with Crippen LogP contribution in [0.5, 0.6) is 11.8 Å². The molecule has 4 aliphatic carbocycles. The summed E-state index contributed by atoms with van der Waals surface area (Å²) in [5.41, 5.74) is 3.46. The van der Waals surface area contributed by atoms with Crippen molar-refractivity contribution < 1.29 is 28.2 Å². The summed E-state index contributed by atoms with van der Waals surface area (Å²) < 4.78 is 39.7. The van der Waals surface area contributed by atoms with Crippen molar-refractivity contribution in [2.24, 2.45) is 11.8 Å². The number of carbonyl (C=O) groups is 1. The van der Waals surface area contributed by atoms with Gasteiger partial charge in [0.1, 0.15) is 0 Å². The summed E-state index contributed by atoms with van der Waals surface area (Å²) in [5, 5.41) is 23.4. The second-order valence-corrected chi connectivity index (χ2v) is 8.94. The molecule has 1 aromatic carbocycles. The summed E-state index contributed by atoms with van der Waals surface area (Å²) in [6, 6.07) is 4.51. The molecule has 8 heteroatoms. The topological polar surface area (TPSA) is 65.7 Å². The van der Waals surface area contributed by atoms with Gasteiger partial charge in [-0.25, -0.2) is 5.01 Å². The van der Waals surface area contributed by atoms with Crippen LogP contribution in [0, 0.1) is 11.8 Å². The molecule has 0 aliphatic heterocycles. The molecule has 0 spiro atoms. The molecule has 4 aliphatic rings. The largest absolute Gasteiger partial charge is 0.493 e. The zero-order chi connectivity index (χ0) is 22.4. The second kappa shape index (κ2) is 6.31. The number of amides is 1. The standard InChI is InChI=1S/C23H23F3N2O3/c1-10-11(2)18-16-8-15(16)17(10)19-20(18)22(31)28(21(19)30)27(12(3)29)9-13-4-6-14(7-5-13)23(24,25)26/h4-7,15-18,30-31H,8-9H2,1-3H3. The van der Waals surface area contributed by atoms with E-state index in [9.17, 15) is 28.2 Å². The zero-order valence-electron chi connectivity index (χ0n) is 17.4. The Balaban J connectivity index is 1.55. The molecule has 4 unspecified atom stereocenters. The smallest absolute Gasteiger partial charge is 0.416 e. The fraction of sp³-hybridized carbons (Fsp3) is 0.435. The highest BCUT2D eigenvalue weighted by Gasteiger charge is 2.60. The average molecular weight is 432 g/mol. The molecule has 31 heavy (non-hydrogen) atoms. The van der Waals surface area contributed by atoms with Gasteiger partial charge in [-0.1, -0.05) is 23.3 Å². The van der Waals surface area contributed by atoms with E-state index in [2.05, 4.69) is 13.8 Å². The third kappa shape index (κ3) is 2.73. The molecule has 1 heterocycles. The lowest BCUT2D eigenvalue weighted by Crippen LogP contribution is -2.37. The van der Waals surface area contributed by atoms with Crippen molar-refractivity contribution in [1.82, 2.24) is 4.68 Å². The number of rotatable bonds is 3. The molecule has 1 fully saturated rings. The highest BCUT2D eigenvalue weighted by atomic mass is 19.4. The van der Waals surface area contributed by atoms with Crippen molar-refractivity contribution in [1.29, 1.82) is 0 Å². The summed E-state index contributed by atoms with van der Waals surface area (Å²) >= 11 is 0. The Hall–Kier alpha value is -2.90. The third-order valence-corrected chi connectivity index (χ3v) is 7.32. The predicted octanol–water partition coefficient (Wildman–Crippen LogP) is 4.77. The highest BCUT2D eigenvalue weighted by Crippen LogP contribution is 2.71. The van der Waals surface area contributed by atoms with Gasteiger partial charge in [-0.2, -0.15) is 17.8 Å². The Kier molecular flexibility index (Phi) is 4.08. The number of hydrogen-bond donors (Lipinski definition) is 2. The van der Waals surface area contributed by atoms with E-state index in [1.54, 1.807) is 0 Å². The Morgan fingerprint density at radius 3 is 1.94 bits per heavy atom. The van der Waals surface area contributed by atoms with Crippen molar-refractivity contribution in [3.63, 3.8) is 0 Å². The Bertz CT molecular complexity index is 1080. The molecule has 164 valence electrons. The molecular formula is C23H23F3N2O3. The lowest BCUT2D eigenvalue weighted by molar-refractivity contribution is -0.137. The third-order valence-electron chi connectivity index (χ3n) is 7.32. The number of hydrogen-bond acceptors (Lipinski definition) is 3. The molecule has 0 radical (unpaired) electrons. The molecular weight excluding hydrogens is 409 g/mol. The van der Waals surface area contributed by atoms with E-state index in [0.717, 1.165) is 23.2 Å². The zero-order valence-corrected chi connectivity index (χ0v) is 17.4. The Morgan fingerprint density at radius 2 is 1.52 bits per heavy atom. The van der Waals surface area contributed by atoms with Gasteiger partial charge in [0, 0.05) is 29.9 Å². The number of halogens is 3. The van der Waals surface area contributed by atoms with E-state index in [4.69, 9.17) is 0 Å². The van der Waals surface area contributed by atoms with Gasteiger partial charge in [-0.05, 0) is 49.8 Å². The Morgan fingerprint density at radius 1 is 1.03 bits per heavy atom. The Labute approximate surface area is 177 Å².